The molecule has 2 amide bonds. The van der Waals surface area contributed by atoms with E-state index in [2.05, 4.69) is 4.98 Å². The molecule has 0 saturated carbocycles. The molecule has 94 valence electrons. The van der Waals surface area contributed by atoms with Crippen molar-refractivity contribution in [2.24, 2.45) is 0 Å². The van der Waals surface area contributed by atoms with Crippen LogP contribution in [0.5, 0.6) is 0 Å². The van der Waals surface area contributed by atoms with Gasteiger partial charge in [-0.25, -0.2) is 4.90 Å². The normalized spacial score (nSPS) is 13.8. The number of hydrogen-bond donors (Lipinski definition) is 1. The Morgan fingerprint density at radius 1 is 1.16 bits per heavy atom. The molecule has 0 radical (unpaired) electrons. The largest absolute Gasteiger partial charge is 0.399 e. The van der Waals surface area contributed by atoms with Crippen molar-refractivity contribution in [3.63, 3.8) is 0 Å². The highest BCUT2D eigenvalue weighted by Crippen LogP contribution is 2.33. The molecule has 0 bridgehead atoms. The van der Waals surface area contributed by atoms with Crippen LogP contribution in [-0.2, 0) is 0 Å². The minimum Gasteiger partial charge on any atom is -0.399 e. The first kappa shape index (κ1) is 11.7. The Bertz CT molecular complexity index is 680. The highest BCUT2D eigenvalue weighted by Gasteiger charge is 2.38. The topological polar surface area (TPSA) is 76.3 Å². The van der Waals surface area contributed by atoms with Gasteiger partial charge >= 0.3 is 0 Å². The maximum Gasteiger partial charge on any atom is 0.284 e. The van der Waals surface area contributed by atoms with E-state index in [4.69, 9.17) is 17.3 Å². The first-order chi connectivity index (χ1) is 9.09. The third-order valence-electron chi connectivity index (χ3n) is 2.86. The van der Waals surface area contributed by atoms with Gasteiger partial charge < -0.3 is 5.73 Å². The predicted octanol–water partition coefficient (Wildman–Crippen LogP) is 2.12. The van der Waals surface area contributed by atoms with Crippen molar-refractivity contribution >= 4 is 34.8 Å². The second-order valence-corrected chi connectivity index (χ2v) is 4.46. The number of aromatic nitrogens is 1. The van der Waals surface area contributed by atoms with Crippen molar-refractivity contribution in [2.45, 2.75) is 0 Å². The Kier molecular flexibility index (Phi) is 2.50. The number of carbonyl (C=O) groups excluding carboxylic acids is 2. The van der Waals surface area contributed by atoms with E-state index in [0.29, 0.717) is 5.69 Å². The number of anilines is 2. The summed E-state index contributed by atoms with van der Waals surface area (Å²) in [6.45, 7) is 0. The van der Waals surface area contributed by atoms with Gasteiger partial charge in [0.05, 0.1) is 16.3 Å². The van der Waals surface area contributed by atoms with Gasteiger partial charge in [-0.2, -0.15) is 0 Å². The van der Waals surface area contributed by atoms with Crippen LogP contribution in [0.1, 0.15) is 20.8 Å². The van der Waals surface area contributed by atoms with Crippen molar-refractivity contribution in [1.29, 1.82) is 0 Å². The molecule has 0 atom stereocenters. The number of nitrogens with zero attached hydrogens (tertiary/aromatic N) is 2. The van der Waals surface area contributed by atoms with Crippen molar-refractivity contribution in [1.82, 2.24) is 4.98 Å². The molecule has 2 aromatic rings. The highest BCUT2D eigenvalue weighted by atomic mass is 35.5. The smallest absolute Gasteiger partial charge is 0.284 e. The fourth-order valence-electron chi connectivity index (χ4n) is 1.99. The molecule has 1 aromatic heterocycles. The second kappa shape index (κ2) is 4.07. The van der Waals surface area contributed by atoms with Crippen LogP contribution in [0.25, 0.3) is 0 Å². The molecule has 6 heteroatoms. The van der Waals surface area contributed by atoms with Gasteiger partial charge in [0.25, 0.3) is 11.8 Å². The Balaban J connectivity index is 2.17. The van der Waals surface area contributed by atoms with Gasteiger partial charge in [-0.1, -0.05) is 11.6 Å². The first-order valence-electron chi connectivity index (χ1n) is 5.48. The minimum atomic E-state index is -0.492. The molecule has 1 aliphatic rings. The number of rotatable bonds is 1. The molecule has 0 fully saturated rings. The molecular formula is C13H8ClN3O2. The zero-order chi connectivity index (χ0) is 13.6. The van der Waals surface area contributed by atoms with E-state index in [1.54, 1.807) is 24.3 Å². The lowest BCUT2D eigenvalue weighted by Crippen LogP contribution is -2.29. The summed E-state index contributed by atoms with van der Waals surface area (Å²) < 4.78 is 0. The van der Waals surface area contributed by atoms with Crippen LogP contribution < -0.4 is 10.6 Å². The van der Waals surface area contributed by atoms with Crippen LogP contribution in [-0.4, -0.2) is 16.8 Å². The first-order valence-corrected chi connectivity index (χ1v) is 5.86. The Labute approximate surface area is 113 Å². The zero-order valence-corrected chi connectivity index (χ0v) is 10.4. The minimum absolute atomic E-state index is 0.131. The summed E-state index contributed by atoms with van der Waals surface area (Å²) in [5.74, 6) is -0.936. The number of benzene rings is 1. The molecule has 0 aliphatic carbocycles. The molecule has 2 N–H and O–H groups in total. The monoisotopic (exact) mass is 273 g/mol. The third kappa shape index (κ3) is 1.67. The number of carbonyl (C=O) groups is 2. The van der Waals surface area contributed by atoms with Gasteiger partial charge in [0, 0.05) is 11.9 Å². The van der Waals surface area contributed by atoms with E-state index in [9.17, 15) is 9.59 Å². The fourth-order valence-corrected chi connectivity index (χ4v) is 2.19. The van der Waals surface area contributed by atoms with Gasteiger partial charge in [-0.3, -0.25) is 14.6 Å². The van der Waals surface area contributed by atoms with Crippen LogP contribution in [0.2, 0.25) is 5.02 Å². The lowest BCUT2D eigenvalue weighted by molar-refractivity contribution is 0.0925. The molecule has 2 heterocycles. The van der Waals surface area contributed by atoms with Gasteiger partial charge in [0.2, 0.25) is 0 Å². The molecule has 0 spiro atoms. The summed E-state index contributed by atoms with van der Waals surface area (Å²) in [7, 11) is 0. The van der Waals surface area contributed by atoms with Crippen LogP contribution in [0, 0.1) is 0 Å². The number of nitrogens with two attached hydrogens (primary N) is 1. The second-order valence-electron chi connectivity index (χ2n) is 4.06. The highest BCUT2D eigenvalue weighted by molar-refractivity contribution is 6.39. The van der Waals surface area contributed by atoms with Gasteiger partial charge in [-0.05, 0) is 30.3 Å². The molecular weight excluding hydrogens is 266 g/mol. The molecule has 3 rings (SSSR count). The summed E-state index contributed by atoms with van der Waals surface area (Å²) in [5.41, 5.74) is 6.76. The number of amides is 2. The van der Waals surface area contributed by atoms with Crippen molar-refractivity contribution in [3.8, 4) is 0 Å². The Morgan fingerprint density at radius 2 is 1.95 bits per heavy atom. The molecule has 19 heavy (non-hydrogen) atoms. The van der Waals surface area contributed by atoms with E-state index >= 15 is 0 Å². The lowest BCUT2D eigenvalue weighted by Gasteiger charge is -2.15. The standard InChI is InChI=1S/C13H8ClN3O2/c14-9-4-3-7(15)6-10(9)17-12(18)8-2-1-5-16-11(8)13(17)19/h1-6H,15H2. The van der Waals surface area contributed by atoms with Crippen LogP contribution in [0.4, 0.5) is 11.4 Å². The van der Waals surface area contributed by atoms with Gasteiger partial charge in [0.1, 0.15) is 5.69 Å². The summed E-state index contributed by atoms with van der Waals surface area (Å²) in [6, 6.07) is 7.80. The Hall–Kier alpha value is -2.40. The lowest BCUT2D eigenvalue weighted by atomic mass is 10.2. The zero-order valence-electron chi connectivity index (χ0n) is 9.63. The van der Waals surface area contributed by atoms with Gasteiger partial charge in [0.15, 0.2) is 0 Å². The van der Waals surface area contributed by atoms with Gasteiger partial charge in [-0.15, -0.1) is 0 Å². The van der Waals surface area contributed by atoms with E-state index in [1.807, 2.05) is 0 Å². The summed E-state index contributed by atoms with van der Waals surface area (Å²) in [5, 5.41) is 0.281. The quantitative estimate of drug-likeness (QED) is 0.638. The maximum atomic E-state index is 12.2. The number of imide groups is 1. The van der Waals surface area contributed by atoms with E-state index < -0.39 is 11.8 Å². The summed E-state index contributed by atoms with van der Waals surface area (Å²) in [4.78, 5) is 29.4. The summed E-state index contributed by atoms with van der Waals surface area (Å²) >= 11 is 6.03. The average molecular weight is 274 g/mol. The Morgan fingerprint density at radius 3 is 2.68 bits per heavy atom. The van der Waals surface area contributed by atoms with E-state index in [0.717, 1.165) is 4.90 Å². The van der Waals surface area contributed by atoms with Crippen LogP contribution in [0.3, 0.4) is 0 Å². The van der Waals surface area contributed by atoms with Crippen LogP contribution in [0.15, 0.2) is 36.5 Å². The number of halogens is 1. The number of nitrogen functional groups attached to an aromatic ring is 1. The van der Waals surface area contributed by atoms with Crippen molar-refractivity contribution in [2.75, 3.05) is 10.6 Å². The predicted molar refractivity (Wildman–Crippen MR) is 71.2 cm³/mol. The molecule has 1 aromatic carbocycles. The number of hydrogen-bond acceptors (Lipinski definition) is 4. The fraction of sp³-hybridized carbons (Fsp3) is 0. The number of pyridine rings is 1. The molecule has 0 unspecified atom stereocenters. The van der Waals surface area contributed by atoms with Crippen molar-refractivity contribution in [3.05, 3.63) is 52.8 Å². The van der Waals surface area contributed by atoms with Crippen LogP contribution >= 0.6 is 11.6 Å². The average Bonchev–Trinajstić information content (AvgIpc) is 2.66. The molecule has 0 saturated heterocycles. The molecule has 5 nitrogen and oxygen atoms in total. The maximum absolute atomic E-state index is 12.2. The SMILES string of the molecule is Nc1ccc(Cl)c(N2C(=O)c3cccnc3C2=O)c1. The third-order valence-corrected chi connectivity index (χ3v) is 3.18. The molecule has 1 aliphatic heterocycles. The summed E-state index contributed by atoms with van der Waals surface area (Å²) in [6.07, 6.45) is 1.47. The van der Waals surface area contributed by atoms with E-state index in [1.165, 1.54) is 12.3 Å². The number of fused-ring (bicyclic) bond motifs is 1. The van der Waals surface area contributed by atoms with E-state index in [-0.39, 0.29) is 22.0 Å². The van der Waals surface area contributed by atoms with Crippen molar-refractivity contribution < 1.29 is 9.59 Å².